The number of carbonyl (C=O) groups excluding carboxylic acids is 1. The highest BCUT2D eigenvalue weighted by atomic mass is 16.1. The van der Waals surface area contributed by atoms with E-state index in [-0.39, 0.29) is 5.78 Å². The van der Waals surface area contributed by atoms with Crippen LogP contribution < -0.4 is 0 Å². The van der Waals surface area contributed by atoms with Gasteiger partial charge in [-0.3, -0.25) is 4.79 Å². The van der Waals surface area contributed by atoms with E-state index in [1.165, 1.54) is 11.1 Å². The van der Waals surface area contributed by atoms with Crippen LogP contribution in [0.25, 0.3) is 0 Å². The van der Waals surface area contributed by atoms with Crippen molar-refractivity contribution >= 4 is 5.78 Å². The molecule has 0 aliphatic rings. The summed E-state index contributed by atoms with van der Waals surface area (Å²) in [4.78, 5) is 11.9. The minimum Gasteiger partial charge on any atom is -0.294 e. The van der Waals surface area contributed by atoms with Gasteiger partial charge in [-0.2, -0.15) is 0 Å². The second kappa shape index (κ2) is 6.33. The Kier molecular flexibility index (Phi) is 4.51. The van der Waals surface area contributed by atoms with Crippen LogP contribution in [0.5, 0.6) is 0 Å². The van der Waals surface area contributed by atoms with Gasteiger partial charge < -0.3 is 0 Å². The van der Waals surface area contributed by atoms with Gasteiger partial charge in [0.2, 0.25) is 0 Å². The summed E-state index contributed by atoms with van der Waals surface area (Å²) >= 11 is 0. The summed E-state index contributed by atoms with van der Waals surface area (Å²) in [5.74, 6) is 0.651. The van der Waals surface area contributed by atoms with Gasteiger partial charge in [0.05, 0.1) is 0 Å². The summed E-state index contributed by atoms with van der Waals surface area (Å²) in [5.41, 5.74) is 3.36. The second-order valence-corrected chi connectivity index (χ2v) is 5.38. The maximum atomic E-state index is 11.9. The smallest absolute Gasteiger partial charge is 0.163 e. The average Bonchev–Trinajstić information content (AvgIpc) is 2.40. The van der Waals surface area contributed by atoms with E-state index in [0.29, 0.717) is 12.3 Å². The lowest BCUT2D eigenvalue weighted by Crippen LogP contribution is -2.03. The largest absolute Gasteiger partial charge is 0.294 e. The van der Waals surface area contributed by atoms with E-state index in [1.54, 1.807) is 0 Å². The molecule has 2 rings (SSSR count). The zero-order chi connectivity index (χ0) is 13.7. The van der Waals surface area contributed by atoms with Crippen molar-refractivity contribution < 1.29 is 4.79 Å². The standard InChI is InChI=1S/C18H20O/c1-14(2)12-18(19)17-10-8-16(9-11-17)13-15-6-4-3-5-7-15/h3-11,14H,12-13H2,1-2H3. The molecule has 2 aromatic rings. The highest BCUT2D eigenvalue weighted by molar-refractivity contribution is 5.96. The van der Waals surface area contributed by atoms with Gasteiger partial charge in [-0.05, 0) is 23.5 Å². The minimum atomic E-state index is 0.237. The third-order valence-corrected chi connectivity index (χ3v) is 3.12. The Balaban J connectivity index is 2.04. The molecule has 0 amide bonds. The molecule has 1 nitrogen and oxygen atoms in total. The molecule has 0 aliphatic carbocycles. The summed E-state index contributed by atoms with van der Waals surface area (Å²) in [7, 11) is 0. The van der Waals surface area contributed by atoms with Gasteiger partial charge in [0.25, 0.3) is 0 Å². The fraction of sp³-hybridized carbons (Fsp3) is 0.278. The molecule has 0 saturated heterocycles. The summed E-state index contributed by atoms with van der Waals surface area (Å²) in [6.45, 7) is 4.14. The number of benzene rings is 2. The number of ketones is 1. The maximum Gasteiger partial charge on any atom is 0.163 e. The molecular formula is C18H20O. The molecule has 0 atom stereocenters. The van der Waals surface area contributed by atoms with E-state index >= 15 is 0 Å². The molecule has 0 unspecified atom stereocenters. The number of hydrogen-bond donors (Lipinski definition) is 0. The third kappa shape index (κ3) is 4.06. The van der Waals surface area contributed by atoms with Crippen LogP contribution >= 0.6 is 0 Å². The molecule has 0 fully saturated rings. The number of rotatable bonds is 5. The van der Waals surface area contributed by atoms with Crippen molar-refractivity contribution in [3.8, 4) is 0 Å². The quantitative estimate of drug-likeness (QED) is 0.716. The zero-order valence-corrected chi connectivity index (χ0v) is 11.6. The van der Waals surface area contributed by atoms with Gasteiger partial charge in [-0.1, -0.05) is 68.4 Å². The van der Waals surface area contributed by atoms with Crippen LogP contribution in [0.15, 0.2) is 54.6 Å². The van der Waals surface area contributed by atoms with E-state index in [0.717, 1.165) is 12.0 Å². The first-order valence-corrected chi connectivity index (χ1v) is 6.81. The topological polar surface area (TPSA) is 17.1 Å². The molecule has 98 valence electrons. The molecule has 0 aromatic heterocycles. The lowest BCUT2D eigenvalue weighted by Gasteiger charge is -2.06. The molecule has 2 aromatic carbocycles. The van der Waals surface area contributed by atoms with Crippen molar-refractivity contribution in [3.63, 3.8) is 0 Å². The lowest BCUT2D eigenvalue weighted by molar-refractivity contribution is 0.0968. The molecule has 0 N–H and O–H groups in total. The van der Waals surface area contributed by atoms with E-state index in [1.807, 2.05) is 18.2 Å². The second-order valence-electron chi connectivity index (χ2n) is 5.38. The van der Waals surface area contributed by atoms with Gasteiger partial charge in [0, 0.05) is 12.0 Å². The predicted octanol–water partition coefficient (Wildman–Crippen LogP) is 4.51. The molecule has 0 heterocycles. The van der Waals surface area contributed by atoms with Crippen LogP contribution in [0.4, 0.5) is 0 Å². The SMILES string of the molecule is CC(C)CC(=O)c1ccc(Cc2ccccc2)cc1. The van der Waals surface area contributed by atoms with Crippen molar-refractivity contribution in [1.82, 2.24) is 0 Å². The Morgan fingerprint density at radius 3 is 2.05 bits per heavy atom. The Morgan fingerprint density at radius 1 is 0.895 bits per heavy atom. The van der Waals surface area contributed by atoms with Crippen LogP contribution in [-0.2, 0) is 6.42 Å². The van der Waals surface area contributed by atoms with Crippen molar-refractivity contribution in [2.75, 3.05) is 0 Å². The first kappa shape index (κ1) is 13.5. The van der Waals surface area contributed by atoms with E-state index < -0.39 is 0 Å². The van der Waals surface area contributed by atoms with E-state index in [4.69, 9.17) is 0 Å². The van der Waals surface area contributed by atoms with Gasteiger partial charge in [-0.25, -0.2) is 0 Å². The fourth-order valence-electron chi connectivity index (χ4n) is 2.13. The third-order valence-electron chi connectivity index (χ3n) is 3.12. The lowest BCUT2D eigenvalue weighted by atomic mass is 9.98. The zero-order valence-electron chi connectivity index (χ0n) is 11.6. The number of carbonyl (C=O) groups is 1. The van der Waals surface area contributed by atoms with Crippen molar-refractivity contribution in [2.24, 2.45) is 5.92 Å². The van der Waals surface area contributed by atoms with Gasteiger partial charge in [0.15, 0.2) is 5.78 Å². The fourth-order valence-corrected chi connectivity index (χ4v) is 2.13. The van der Waals surface area contributed by atoms with Crippen molar-refractivity contribution in [2.45, 2.75) is 26.7 Å². The molecule has 1 heteroatoms. The summed E-state index contributed by atoms with van der Waals surface area (Å²) in [5, 5.41) is 0. The number of Topliss-reactive ketones (excluding diaryl/α,β-unsaturated/α-hetero) is 1. The monoisotopic (exact) mass is 252 g/mol. The molecule has 0 radical (unpaired) electrons. The maximum absolute atomic E-state index is 11.9. The molecule has 0 saturated carbocycles. The Morgan fingerprint density at radius 2 is 1.47 bits per heavy atom. The Labute approximate surface area is 115 Å². The van der Waals surface area contributed by atoms with Crippen LogP contribution in [0.1, 0.15) is 41.8 Å². The van der Waals surface area contributed by atoms with Gasteiger partial charge in [0.1, 0.15) is 0 Å². The first-order valence-electron chi connectivity index (χ1n) is 6.81. The molecule has 19 heavy (non-hydrogen) atoms. The average molecular weight is 252 g/mol. The van der Waals surface area contributed by atoms with Crippen molar-refractivity contribution in [3.05, 3.63) is 71.3 Å². The van der Waals surface area contributed by atoms with Crippen LogP contribution in [0, 0.1) is 5.92 Å². The molecule has 0 bridgehead atoms. The van der Waals surface area contributed by atoms with Crippen LogP contribution in [0.2, 0.25) is 0 Å². The van der Waals surface area contributed by atoms with Crippen molar-refractivity contribution in [1.29, 1.82) is 0 Å². The van der Waals surface area contributed by atoms with E-state index in [9.17, 15) is 4.79 Å². The van der Waals surface area contributed by atoms with E-state index in [2.05, 4.69) is 50.2 Å². The van der Waals surface area contributed by atoms with Gasteiger partial charge in [-0.15, -0.1) is 0 Å². The highest BCUT2D eigenvalue weighted by Gasteiger charge is 2.07. The summed E-state index contributed by atoms with van der Waals surface area (Å²) < 4.78 is 0. The normalized spacial score (nSPS) is 10.7. The van der Waals surface area contributed by atoms with Gasteiger partial charge >= 0.3 is 0 Å². The van der Waals surface area contributed by atoms with Crippen LogP contribution in [-0.4, -0.2) is 5.78 Å². The summed E-state index contributed by atoms with van der Waals surface area (Å²) in [6, 6.07) is 18.4. The van der Waals surface area contributed by atoms with Crippen LogP contribution in [0.3, 0.4) is 0 Å². The highest BCUT2D eigenvalue weighted by Crippen LogP contribution is 2.13. The predicted molar refractivity (Wildman–Crippen MR) is 79.5 cm³/mol. The number of hydrogen-bond acceptors (Lipinski definition) is 1. The molecular weight excluding hydrogens is 232 g/mol. The minimum absolute atomic E-state index is 0.237. The summed E-state index contributed by atoms with van der Waals surface area (Å²) in [6.07, 6.45) is 1.54. The Bertz CT molecular complexity index is 523. The Hall–Kier alpha value is -1.89. The molecule has 0 spiro atoms. The molecule has 0 aliphatic heterocycles. The first-order chi connectivity index (χ1) is 9.15.